The summed E-state index contributed by atoms with van der Waals surface area (Å²) in [6.45, 7) is 6.85. The summed E-state index contributed by atoms with van der Waals surface area (Å²) in [4.78, 5) is 20.3. The molecule has 3 rings (SSSR count). The average Bonchev–Trinajstić information content (AvgIpc) is 2.53. The van der Waals surface area contributed by atoms with Gasteiger partial charge in [0.2, 0.25) is 5.91 Å². The standard InChI is InChI=1S/C17H21N3O2/c1-12-11-15(20-9-7-19(8-10-20)13(2)21)14-5-4-6-16(22-3)17(14)18-12/h4-6,11H,7-10H2,1-3H3. The molecule has 1 aromatic heterocycles. The third kappa shape index (κ3) is 2.58. The molecule has 116 valence electrons. The number of pyridine rings is 1. The minimum Gasteiger partial charge on any atom is -0.494 e. The zero-order chi connectivity index (χ0) is 15.7. The molecule has 1 fully saturated rings. The molecule has 0 unspecified atom stereocenters. The van der Waals surface area contributed by atoms with Gasteiger partial charge in [-0.05, 0) is 19.1 Å². The number of aryl methyl sites for hydroxylation is 1. The number of hydrogen-bond donors (Lipinski definition) is 0. The molecule has 0 radical (unpaired) electrons. The molecule has 1 aliphatic rings. The maximum Gasteiger partial charge on any atom is 0.219 e. The Bertz CT molecular complexity index is 706. The fourth-order valence-electron chi connectivity index (χ4n) is 3.02. The summed E-state index contributed by atoms with van der Waals surface area (Å²) in [6.07, 6.45) is 0. The first kappa shape index (κ1) is 14.6. The number of carbonyl (C=O) groups excluding carboxylic acids is 1. The van der Waals surface area contributed by atoms with Gasteiger partial charge < -0.3 is 14.5 Å². The van der Waals surface area contributed by atoms with Gasteiger partial charge in [0.25, 0.3) is 0 Å². The topological polar surface area (TPSA) is 45.7 Å². The van der Waals surface area contributed by atoms with Crippen molar-refractivity contribution in [3.8, 4) is 5.75 Å². The Kier molecular flexibility index (Phi) is 3.88. The lowest BCUT2D eigenvalue weighted by molar-refractivity contribution is -0.129. The molecule has 0 atom stereocenters. The van der Waals surface area contributed by atoms with E-state index in [0.717, 1.165) is 48.5 Å². The molecular formula is C17H21N3O2. The highest BCUT2D eigenvalue weighted by Gasteiger charge is 2.21. The molecule has 1 amide bonds. The van der Waals surface area contributed by atoms with Crippen LogP contribution in [0.5, 0.6) is 5.75 Å². The molecular weight excluding hydrogens is 278 g/mol. The number of hydrogen-bond acceptors (Lipinski definition) is 4. The van der Waals surface area contributed by atoms with Crippen molar-refractivity contribution >= 4 is 22.5 Å². The molecule has 0 saturated carbocycles. The summed E-state index contributed by atoms with van der Waals surface area (Å²) in [6, 6.07) is 8.13. The smallest absolute Gasteiger partial charge is 0.219 e. The molecule has 0 aliphatic carbocycles. The first-order valence-corrected chi connectivity index (χ1v) is 7.55. The summed E-state index contributed by atoms with van der Waals surface area (Å²) >= 11 is 0. The molecule has 2 aromatic rings. The number of fused-ring (bicyclic) bond motifs is 1. The van der Waals surface area contributed by atoms with Crippen molar-refractivity contribution in [3.05, 3.63) is 30.0 Å². The van der Waals surface area contributed by atoms with Crippen LogP contribution < -0.4 is 9.64 Å². The number of benzene rings is 1. The zero-order valence-electron chi connectivity index (χ0n) is 13.3. The third-order valence-corrected chi connectivity index (χ3v) is 4.19. The van der Waals surface area contributed by atoms with Crippen LogP contribution in [0.15, 0.2) is 24.3 Å². The Balaban J connectivity index is 1.99. The van der Waals surface area contributed by atoms with Crippen LogP contribution in [0, 0.1) is 6.92 Å². The summed E-state index contributed by atoms with van der Waals surface area (Å²) in [5.74, 6) is 0.946. The lowest BCUT2D eigenvalue weighted by Crippen LogP contribution is -2.48. The van der Waals surface area contributed by atoms with Gasteiger partial charge in [0.15, 0.2) is 0 Å². The molecule has 0 spiro atoms. The van der Waals surface area contributed by atoms with Gasteiger partial charge in [0.1, 0.15) is 11.3 Å². The van der Waals surface area contributed by atoms with E-state index in [1.807, 2.05) is 24.0 Å². The number of amides is 1. The van der Waals surface area contributed by atoms with E-state index >= 15 is 0 Å². The number of ether oxygens (including phenoxy) is 1. The van der Waals surface area contributed by atoms with E-state index in [1.165, 1.54) is 5.69 Å². The van der Waals surface area contributed by atoms with E-state index in [2.05, 4.69) is 22.0 Å². The number of aromatic nitrogens is 1. The largest absolute Gasteiger partial charge is 0.494 e. The van der Waals surface area contributed by atoms with Crippen molar-refractivity contribution in [2.75, 3.05) is 38.2 Å². The number of rotatable bonds is 2. The number of piperazine rings is 1. The number of para-hydroxylation sites is 1. The van der Waals surface area contributed by atoms with Gasteiger partial charge in [0, 0.05) is 49.9 Å². The van der Waals surface area contributed by atoms with Crippen LogP contribution in [0.3, 0.4) is 0 Å². The van der Waals surface area contributed by atoms with Gasteiger partial charge in [-0.15, -0.1) is 0 Å². The van der Waals surface area contributed by atoms with Crippen molar-refractivity contribution in [2.45, 2.75) is 13.8 Å². The summed E-state index contributed by atoms with van der Waals surface area (Å²) in [5.41, 5.74) is 3.04. The Morgan fingerprint density at radius 2 is 1.95 bits per heavy atom. The molecule has 0 N–H and O–H groups in total. The van der Waals surface area contributed by atoms with Crippen LogP contribution in [-0.4, -0.2) is 49.1 Å². The van der Waals surface area contributed by atoms with Crippen molar-refractivity contribution in [1.29, 1.82) is 0 Å². The Morgan fingerprint density at radius 3 is 2.59 bits per heavy atom. The minimum atomic E-state index is 0.150. The number of nitrogens with zero attached hydrogens (tertiary/aromatic N) is 3. The fourth-order valence-corrected chi connectivity index (χ4v) is 3.02. The summed E-state index contributed by atoms with van der Waals surface area (Å²) < 4.78 is 5.44. The highest BCUT2D eigenvalue weighted by Crippen LogP contribution is 2.32. The van der Waals surface area contributed by atoms with Crippen LogP contribution in [0.1, 0.15) is 12.6 Å². The molecule has 0 bridgehead atoms. The minimum absolute atomic E-state index is 0.150. The first-order chi connectivity index (χ1) is 10.6. The quantitative estimate of drug-likeness (QED) is 0.853. The molecule has 1 aliphatic heterocycles. The van der Waals surface area contributed by atoms with Crippen molar-refractivity contribution in [1.82, 2.24) is 9.88 Å². The lowest BCUT2D eigenvalue weighted by Gasteiger charge is -2.36. The Morgan fingerprint density at radius 1 is 1.23 bits per heavy atom. The maximum atomic E-state index is 11.5. The van der Waals surface area contributed by atoms with E-state index in [1.54, 1.807) is 14.0 Å². The van der Waals surface area contributed by atoms with Gasteiger partial charge in [0.05, 0.1) is 7.11 Å². The van der Waals surface area contributed by atoms with Crippen molar-refractivity contribution < 1.29 is 9.53 Å². The van der Waals surface area contributed by atoms with E-state index < -0.39 is 0 Å². The monoisotopic (exact) mass is 299 g/mol. The first-order valence-electron chi connectivity index (χ1n) is 7.55. The number of carbonyl (C=O) groups is 1. The van der Waals surface area contributed by atoms with Crippen LogP contribution in [-0.2, 0) is 4.79 Å². The highest BCUT2D eigenvalue weighted by molar-refractivity contribution is 5.95. The number of anilines is 1. The predicted molar refractivity (Wildman–Crippen MR) is 87.5 cm³/mol. The van der Waals surface area contributed by atoms with Crippen LogP contribution in [0.25, 0.3) is 10.9 Å². The van der Waals surface area contributed by atoms with E-state index in [4.69, 9.17) is 4.74 Å². The van der Waals surface area contributed by atoms with E-state index in [-0.39, 0.29) is 5.91 Å². The maximum absolute atomic E-state index is 11.5. The van der Waals surface area contributed by atoms with Gasteiger partial charge in [-0.1, -0.05) is 12.1 Å². The summed E-state index contributed by atoms with van der Waals surface area (Å²) in [5, 5.41) is 1.10. The molecule has 1 saturated heterocycles. The second-order valence-corrected chi connectivity index (χ2v) is 5.63. The van der Waals surface area contributed by atoms with Crippen molar-refractivity contribution in [2.24, 2.45) is 0 Å². The zero-order valence-corrected chi connectivity index (χ0v) is 13.3. The molecule has 5 nitrogen and oxygen atoms in total. The molecule has 2 heterocycles. The van der Waals surface area contributed by atoms with Gasteiger partial charge in [-0.3, -0.25) is 4.79 Å². The second kappa shape index (κ2) is 5.83. The Hall–Kier alpha value is -2.30. The molecule has 1 aromatic carbocycles. The normalized spacial score (nSPS) is 15.2. The highest BCUT2D eigenvalue weighted by atomic mass is 16.5. The average molecular weight is 299 g/mol. The van der Waals surface area contributed by atoms with E-state index in [9.17, 15) is 4.79 Å². The Labute approximate surface area is 130 Å². The van der Waals surface area contributed by atoms with Crippen LogP contribution in [0.2, 0.25) is 0 Å². The predicted octanol–water partition coefficient (Wildman–Crippen LogP) is 2.22. The van der Waals surface area contributed by atoms with Crippen molar-refractivity contribution in [3.63, 3.8) is 0 Å². The van der Waals surface area contributed by atoms with Crippen LogP contribution in [0.4, 0.5) is 5.69 Å². The van der Waals surface area contributed by atoms with Crippen LogP contribution >= 0.6 is 0 Å². The third-order valence-electron chi connectivity index (χ3n) is 4.19. The van der Waals surface area contributed by atoms with Gasteiger partial charge >= 0.3 is 0 Å². The summed E-state index contributed by atoms with van der Waals surface area (Å²) in [7, 11) is 1.67. The lowest BCUT2D eigenvalue weighted by atomic mass is 10.1. The number of methoxy groups -OCH3 is 1. The van der Waals surface area contributed by atoms with E-state index in [0.29, 0.717) is 0 Å². The van der Waals surface area contributed by atoms with Gasteiger partial charge in [-0.25, -0.2) is 4.98 Å². The second-order valence-electron chi connectivity index (χ2n) is 5.63. The molecule has 5 heteroatoms. The molecule has 22 heavy (non-hydrogen) atoms. The SMILES string of the molecule is COc1cccc2c(N3CCN(C(C)=O)CC3)cc(C)nc12. The fraction of sp³-hybridized carbons (Fsp3) is 0.412. The van der Waals surface area contributed by atoms with Gasteiger partial charge in [-0.2, -0.15) is 0 Å².